The minimum atomic E-state index is -1.09. The number of carbonyl (C=O) groups excluding carboxylic acids is 2. The first-order valence-electron chi connectivity index (χ1n) is 8.77. The molecule has 1 unspecified atom stereocenters. The van der Waals surface area contributed by atoms with Crippen LogP contribution in [0.4, 0.5) is 4.79 Å². The van der Waals surface area contributed by atoms with Gasteiger partial charge in [-0.3, -0.25) is 9.69 Å². The quantitative estimate of drug-likeness (QED) is 0.729. The number of para-hydroxylation sites is 1. The lowest BCUT2D eigenvalue weighted by molar-refractivity contribution is -0.133. The summed E-state index contributed by atoms with van der Waals surface area (Å²) in [5.41, 5.74) is 0.335. The fourth-order valence-electron chi connectivity index (χ4n) is 3.70. The van der Waals surface area contributed by atoms with Crippen molar-refractivity contribution < 1.29 is 23.8 Å². The Morgan fingerprint density at radius 2 is 1.89 bits per heavy atom. The highest BCUT2D eigenvalue weighted by atomic mass is 79.9. The molecule has 0 saturated carbocycles. The SMILES string of the molecule is COc1cc(Br)c(CN2C(=O)NC3(CCOc4ccccc43)C2=O)cc1OC. The number of nitrogens with one attached hydrogen (secondary N) is 1. The first kappa shape index (κ1) is 18.6. The van der Waals surface area contributed by atoms with Crippen molar-refractivity contribution in [2.75, 3.05) is 20.8 Å². The number of hydrogen-bond donors (Lipinski definition) is 1. The number of urea groups is 1. The summed E-state index contributed by atoms with van der Waals surface area (Å²) in [7, 11) is 3.09. The van der Waals surface area contributed by atoms with Crippen LogP contribution in [-0.4, -0.2) is 37.7 Å². The number of nitrogens with zero attached hydrogens (tertiary/aromatic N) is 1. The first-order chi connectivity index (χ1) is 13.5. The average molecular weight is 447 g/mol. The molecule has 1 saturated heterocycles. The summed E-state index contributed by atoms with van der Waals surface area (Å²) >= 11 is 3.49. The van der Waals surface area contributed by atoms with Crippen molar-refractivity contribution in [1.29, 1.82) is 0 Å². The van der Waals surface area contributed by atoms with Crippen molar-refractivity contribution in [3.05, 3.63) is 52.0 Å². The van der Waals surface area contributed by atoms with Crippen molar-refractivity contribution >= 4 is 27.9 Å². The molecule has 1 spiro atoms. The average Bonchev–Trinajstić information content (AvgIpc) is 2.94. The molecule has 0 aliphatic carbocycles. The van der Waals surface area contributed by atoms with Crippen molar-refractivity contribution in [1.82, 2.24) is 10.2 Å². The molecule has 146 valence electrons. The Kier molecular flexibility index (Phi) is 4.66. The molecule has 7 nitrogen and oxygen atoms in total. The maximum absolute atomic E-state index is 13.4. The van der Waals surface area contributed by atoms with Gasteiger partial charge in [0.1, 0.15) is 5.75 Å². The fraction of sp³-hybridized carbons (Fsp3) is 0.300. The van der Waals surface area contributed by atoms with Gasteiger partial charge in [0, 0.05) is 16.5 Å². The lowest BCUT2D eigenvalue weighted by atomic mass is 9.84. The number of hydrogen-bond acceptors (Lipinski definition) is 5. The molecular weight excluding hydrogens is 428 g/mol. The maximum atomic E-state index is 13.4. The minimum absolute atomic E-state index is 0.108. The van der Waals surface area contributed by atoms with Gasteiger partial charge in [0.25, 0.3) is 5.91 Å². The van der Waals surface area contributed by atoms with E-state index in [2.05, 4.69) is 21.2 Å². The molecular formula is C20H19BrN2O5. The van der Waals surface area contributed by atoms with E-state index in [1.54, 1.807) is 19.2 Å². The predicted molar refractivity (Wildman–Crippen MR) is 105 cm³/mol. The summed E-state index contributed by atoms with van der Waals surface area (Å²) in [6.45, 7) is 0.466. The number of carbonyl (C=O) groups is 2. The van der Waals surface area contributed by atoms with Gasteiger partial charge >= 0.3 is 6.03 Å². The van der Waals surface area contributed by atoms with Crippen LogP contribution >= 0.6 is 15.9 Å². The molecule has 1 N–H and O–H groups in total. The normalized spacial score (nSPS) is 20.6. The summed E-state index contributed by atoms with van der Waals surface area (Å²) < 4.78 is 17.0. The summed E-state index contributed by atoms with van der Waals surface area (Å²) in [6.07, 6.45) is 0.387. The first-order valence-corrected chi connectivity index (χ1v) is 9.56. The topological polar surface area (TPSA) is 77.1 Å². The van der Waals surface area contributed by atoms with Gasteiger partial charge in [-0.2, -0.15) is 0 Å². The molecule has 1 fully saturated rings. The number of amides is 3. The monoisotopic (exact) mass is 446 g/mol. The zero-order chi connectivity index (χ0) is 19.9. The van der Waals surface area contributed by atoms with Gasteiger partial charge in [0.05, 0.1) is 27.4 Å². The second-order valence-corrected chi connectivity index (χ2v) is 7.47. The van der Waals surface area contributed by atoms with E-state index in [0.717, 1.165) is 10.0 Å². The molecule has 2 heterocycles. The lowest BCUT2D eigenvalue weighted by Crippen LogP contribution is -2.47. The van der Waals surface area contributed by atoms with Crippen LogP contribution in [0, 0.1) is 0 Å². The fourth-order valence-corrected chi connectivity index (χ4v) is 4.15. The van der Waals surface area contributed by atoms with Crippen LogP contribution < -0.4 is 19.5 Å². The molecule has 0 radical (unpaired) electrons. The second-order valence-electron chi connectivity index (χ2n) is 6.62. The number of halogens is 1. The molecule has 2 aromatic rings. The van der Waals surface area contributed by atoms with Gasteiger partial charge in [-0.1, -0.05) is 34.1 Å². The molecule has 3 amide bonds. The third kappa shape index (κ3) is 2.79. The molecule has 8 heteroatoms. The Morgan fingerprint density at radius 1 is 1.18 bits per heavy atom. The Bertz CT molecular complexity index is 964. The van der Waals surface area contributed by atoms with E-state index in [1.165, 1.54) is 12.0 Å². The molecule has 2 aromatic carbocycles. The van der Waals surface area contributed by atoms with Gasteiger partial charge in [-0.05, 0) is 23.8 Å². The molecule has 4 rings (SSSR count). The zero-order valence-electron chi connectivity index (χ0n) is 15.5. The van der Waals surface area contributed by atoms with Gasteiger partial charge < -0.3 is 19.5 Å². The van der Waals surface area contributed by atoms with Crippen LogP contribution in [0.15, 0.2) is 40.9 Å². The highest BCUT2D eigenvalue weighted by molar-refractivity contribution is 9.10. The Hall–Kier alpha value is -2.74. The van der Waals surface area contributed by atoms with E-state index >= 15 is 0 Å². The highest BCUT2D eigenvalue weighted by Gasteiger charge is 2.54. The van der Waals surface area contributed by atoms with Crippen LogP contribution in [0.3, 0.4) is 0 Å². The van der Waals surface area contributed by atoms with E-state index in [1.807, 2.05) is 24.3 Å². The Balaban J connectivity index is 1.69. The molecule has 2 aliphatic rings. The lowest BCUT2D eigenvalue weighted by Gasteiger charge is -2.33. The van der Waals surface area contributed by atoms with Gasteiger partial charge in [0.15, 0.2) is 17.0 Å². The number of imide groups is 1. The van der Waals surface area contributed by atoms with Crippen molar-refractivity contribution in [2.45, 2.75) is 18.5 Å². The standard InChI is InChI=1S/C20H19BrN2O5/c1-26-16-9-12(14(21)10-17(16)27-2)11-23-18(24)20(22-19(23)25)7-8-28-15-6-4-3-5-13(15)20/h3-6,9-10H,7-8,11H2,1-2H3,(H,22,25). The van der Waals surface area contributed by atoms with Gasteiger partial charge in [-0.25, -0.2) is 4.79 Å². The van der Waals surface area contributed by atoms with Gasteiger partial charge in [0.2, 0.25) is 0 Å². The van der Waals surface area contributed by atoms with Crippen molar-refractivity contribution in [2.24, 2.45) is 0 Å². The number of benzene rings is 2. The van der Waals surface area contributed by atoms with Crippen LogP contribution in [0.25, 0.3) is 0 Å². The summed E-state index contributed by atoms with van der Waals surface area (Å²) in [5, 5.41) is 2.90. The van der Waals surface area contributed by atoms with Gasteiger partial charge in [-0.15, -0.1) is 0 Å². The number of ether oxygens (including phenoxy) is 3. The van der Waals surface area contributed by atoms with E-state index in [0.29, 0.717) is 35.8 Å². The van der Waals surface area contributed by atoms with E-state index in [4.69, 9.17) is 14.2 Å². The Morgan fingerprint density at radius 3 is 2.64 bits per heavy atom. The van der Waals surface area contributed by atoms with E-state index in [9.17, 15) is 9.59 Å². The van der Waals surface area contributed by atoms with Crippen molar-refractivity contribution in [3.63, 3.8) is 0 Å². The minimum Gasteiger partial charge on any atom is -0.493 e. The number of fused-ring (bicyclic) bond motifs is 2. The predicted octanol–water partition coefficient (Wildman–Crippen LogP) is 3.20. The molecule has 1 atom stereocenters. The van der Waals surface area contributed by atoms with Crippen molar-refractivity contribution in [3.8, 4) is 17.2 Å². The highest BCUT2D eigenvalue weighted by Crippen LogP contribution is 2.42. The number of methoxy groups -OCH3 is 2. The summed E-state index contributed by atoms with van der Waals surface area (Å²) in [4.78, 5) is 27.3. The largest absolute Gasteiger partial charge is 0.493 e. The Labute approximate surface area is 170 Å². The molecule has 2 aliphatic heterocycles. The van der Waals surface area contributed by atoms with Crippen LogP contribution in [0.1, 0.15) is 17.5 Å². The van der Waals surface area contributed by atoms with Crippen LogP contribution in [-0.2, 0) is 16.9 Å². The van der Waals surface area contributed by atoms with Crippen LogP contribution in [0.5, 0.6) is 17.2 Å². The molecule has 0 bridgehead atoms. The molecule has 28 heavy (non-hydrogen) atoms. The van der Waals surface area contributed by atoms with E-state index < -0.39 is 11.6 Å². The van der Waals surface area contributed by atoms with Crippen LogP contribution in [0.2, 0.25) is 0 Å². The smallest absolute Gasteiger partial charge is 0.325 e. The maximum Gasteiger partial charge on any atom is 0.325 e. The number of rotatable bonds is 4. The third-order valence-corrected chi connectivity index (χ3v) is 5.88. The summed E-state index contributed by atoms with van der Waals surface area (Å²) in [5.74, 6) is 1.43. The second kappa shape index (κ2) is 7.01. The third-order valence-electron chi connectivity index (χ3n) is 5.14. The molecule has 0 aromatic heterocycles. The summed E-state index contributed by atoms with van der Waals surface area (Å²) in [6, 6.07) is 10.4. The van der Waals surface area contributed by atoms with E-state index in [-0.39, 0.29) is 12.5 Å². The zero-order valence-corrected chi connectivity index (χ0v) is 17.0.